The van der Waals surface area contributed by atoms with E-state index in [2.05, 4.69) is 10.3 Å². The van der Waals surface area contributed by atoms with E-state index in [0.29, 0.717) is 21.3 Å². The summed E-state index contributed by atoms with van der Waals surface area (Å²) in [4.78, 5) is 41.3. The number of nitrogens with zero attached hydrogens (tertiary/aromatic N) is 1. The zero-order valence-corrected chi connectivity index (χ0v) is 17.9. The average molecular weight is 415 g/mol. The van der Waals surface area contributed by atoms with Crippen molar-refractivity contribution in [3.05, 3.63) is 45.5 Å². The van der Waals surface area contributed by atoms with Gasteiger partial charge in [-0.2, -0.15) is 0 Å². The molecule has 0 bridgehead atoms. The fraction of sp³-hybridized carbons (Fsp3) is 0.455. The van der Waals surface area contributed by atoms with E-state index in [1.54, 1.807) is 20.8 Å². The minimum atomic E-state index is -0.446. The second-order valence-electron chi connectivity index (χ2n) is 7.55. The maximum Gasteiger partial charge on any atom is 0.350 e. The highest BCUT2D eigenvalue weighted by Gasteiger charge is 2.19. The Kier molecular flexibility index (Phi) is 6.79. The predicted octanol–water partition coefficient (Wildman–Crippen LogP) is 4.50. The third kappa shape index (κ3) is 5.50. The maximum atomic E-state index is 12.5. The van der Waals surface area contributed by atoms with E-state index >= 15 is 0 Å². The number of anilines is 1. The topological polar surface area (TPSA) is 85.4 Å². The maximum absolute atomic E-state index is 12.5. The second kappa shape index (κ2) is 9.31. The average Bonchev–Trinajstić information content (AvgIpc) is 3.05. The zero-order chi connectivity index (χ0) is 21.0. The van der Waals surface area contributed by atoms with Crippen LogP contribution in [0.5, 0.6) is 0 Å². The molecule has 0 aliphatic heterocycles. The zero-order valence-electron chi connectivity index (χ0n) is 17.0. The number of carbonyl (C=O) groups excluding carboxylic acids is 3. The van der Waals surface area contributed by atoms with E-state index < -0.39 is 5.97 Å². The molecule has 29 heavy (non-hydrogen) atoms. The van der Waals surface area contributed by atoms with Crippen molar-refractivity contribution in [2.24, 2.45) is 0 Å². The van der Waals surface area contributed by atoms with Crippen LogP contribution < -0.4 is 5.32 Å². The van der Waals surface area contributed by atoms with Gasteiger partial charge in [-0.3, -0.25) is 9.59 Å². The number of aryl methyl sites for hydroxylation is 3. The number of Topliss-reactive ketones (excluding diaryl/α,β-unsaturated/α-hetero) is 1. The molecule has 1 aliphatic rings. The number of thiazole rings is 1. The molecule has 0 spiro atoms. The number of rotatable bonds is 7. The van der Waals surface area contributed by atoms with Crippen LogP contribution in [0.25, 0.3) is 0 Å². The summed E-state index contributed by atoms with van der Waals surface area (Å²) in [5.41, 5.74) is 3.77. The monoisotopic (exact) mass is 414 g/mol. The van der Waals surface area contributed by atoms with Gasteiger partial charge in [0.25, 0.3) is 0 Å². The summed E-state index contributed by atoms with van der Waals surface area (Å²) in [6.45, 7) is 5.25. The van der Waals surface area contributed by atoms with Crippen LogP contribution in [0.1, 0.15) is 76.4 Å². The van der Waals surface area contributed by atoms with Gasteiger partial charge in [0.2, 0.25) is 5.91 Å². The molecule has 154 valence electrons. The van der Waals surface area contributed by atoms with Gasteiger partial charge in [-0.25, -0.2) is 9.78 Å². The Morgan fingerprint density at radius 3 is 2.59 bits per heavy atom. The molecule has 3 rings (SSSR count). The van der Waals surface area contributed by atoms with Gasteiger partial charge in [-0.15, -0.1) is 0 Å². The Morgan fingerprint density at radius 2 is 1.86 bits per heavy atom. The molecule has 2 aromatic rings. The van der Waals surface area contributed by atoms with Gasteiger partial charge in [-0.05, 0) is 63.6 Å². The molecule has 0 unspecified atom stereocenters. The minimum absolute atomic E-state index is 0.0370. The lowest BCUT2D eigenvalue weighted by Gasteiger charge is -2.16. The molecule has 1 aliphatic carbocycles. The lowest BCUT2D eigenvalue weighted by molar-refractivity contribution is -0.116. The van der Waals surface area contributed by atoms with Crippen molar-refractivity contribution in [1.29, 1.82) is 0 Å². The number of nitrogens with one attached hydrogen (secondary N) is 1. The van der Waals surface area contributed by atoms with E-state index in [4.69, 9.17) is 4.74 Å². The molecule has 1 aromatic carbocycles. The molecule has 7 heteroatoms. The van der Waals surface area contributed by atoms with Gasteiger partial charge in [0.1, 0.15) is 4.88 Å². The number of carbonyl (C=O) groups is 3. The lowest BCUT2D eigenvalue weighted by Crippen LogP contribution is -2.14. The molecule has 1 amide bonds. The van der Waals surface area contributed by atoms with Crippen LogP contribution >= 0.6 is 11.3 Å². The van der Waals surface area contributed by atoms with Gasteiger partial charge in [0.05, 0.1) is 11.8 Å². The van der Waals surface area contributed by atoms with Crippen molar-refractivity contribution >= 4 is 34.1 Å². The molecule has 6 nitrogen and oxygen atoms in total. The first kappa shape index (κ1) is 21.2. The van der Waals surface area contributed by atoms with Crippen molar-refractivity contribution in [3.63, 3.8) is 0 Å². The summed E-state index contributed by atoms with van der Waals surface area (Å²) in [5.74, 6) is -0.781. The van der Waals surface area contributed by atoms with Crippen molar-refractivity contribution in [3.8, 4) is 0 Å². The Morgan fingerprint density at radius 1 is 1.14 bits per heavy atom. The highest BCUT2D eigenvalue weighted by atomic mass is 32.1. The molecule has 0 saturated carbocycles. The van der Waals surface area contributed by atoms with Crippen LogP contribution in [0.3, 0.4) is 0 Å². The van der Waals surface area contributed by atoms with Gasteiger partial charge in [0.15, 0.2) is 10.9 Å². The predicted molar refractivity (Wildman–Crippen MR) is 113 cm³/mol. The van der Waals surface area contributed by atoms with Crippen LogP contribution in [-0.2, 0) is 22.4 Å². The number of amides is 1. The number of ketones is 1. The van der Waals surface area contributed by atoms with Gasteiger partial charge in [-0.1, -0.05) is 23.5 Å². The number of hydrogen-bond donors (Lipinski definition) is 1. The molecule has 0 radical (unpaired) electrons. The molecule has 0 saturated heterocycles. The molecular formula is C22H26N2O4S. The van der Waals surface area contributed by atoms with Gasteiger partial charge >= 0.3 is 5.97 Å². The molecule has 1 N–H and O–H groups in total. The van der Waals surface area contributed by atoms with Gasteiger partial charge in [0, 0.05) is 18.4 Å². The summed E-state index contributed by atoms with van der Waals surface area (Å²) in [7, 11) is 0. The standard InChI is InChI=1S/C22H26N2O4S/c1-13(2)28-21(27)20-14(3)23-22(29-20)24-19(26)11-10-18(25)17-9-8-15-6-4-5-7-16(15)12-17/h8-9,12-13H,4-7,10-11H2,1-3H3,(H,23,24,26). The summed E-state index contributed by atoms with van der Waals surface area (Å²) in [5, 5.41) is 3.01. The number of fused-ring (bicyclic) bond motifs is 1. The first-order valence-electron chi connectivity index (χ1n) is 9.96. The van der Waals surface area contributed by atoms with Crippen LogP contribution in [0.4, 0.5) is 5.13 Å². The van der Waals surface area contributed by atoms with E-state index in [1.807, 2.05) is 18.2 Å². The highest BCUT2D eigenvalue weighted by Crippen LogP contribution is 2.25. The summed E-state index contributed by atoms with van der Waals surface area (Å²) in [6, 6.07) is 5.88. The Labute approximate surface area is 174 Å². The highest BCUT2D eigenvalue weighted by molar-refractivity contribution is 7.17. The Bertz CT molecular complexity index is 933. The van der Waals surface area contributed by atoms with Crippen LogP contribution in [0.15, 0.2) is 18.2 Å². The summed E-state index contributed by atoms with van der Waals surface area (Å²) < 4.78 is 5.18. The molecule has 1 aromatic heterocycles. The number of hydrogen-bond acceptors (Lipinski definition) is 6. The number of esters is 1. The lowest BCUT2D eigenvalue weighted by atomic mass is 9.89. The van der Waals surface area contributed by atoms with E-state index in [-0.39, 0.29) is 30.6 Å². The number of aromatic nitrogens is 1. The minimum Gasteiger partial charge on any atom is -0.459 e. The van der Waals surface area contributed by atoms with E-state index in [1.165, 1.54) is 17.5 Å². The molecule has 0 atom stereocenters. The first-order valence-corrected chi connectivity index (χ1v) is 10.8. The summed E-state index contributed by atoms with van der Waals surface area (Å²) in [6.07, 6.45) is 4.43. The van der Waals surface area contributed by atoms with Crippen LogP contribution in [-0.4, -0.2) is 28.7 Å². The fourth-order valence-corrected chi connectivity index (χ4v) is 4.23. The van der Waals surface area contributed by atoms with Crippen molar-refractivity contribution in [2.75, 3.05) is 5.32 Å². The Hall–Kier alpha value is -2.54. The first-order chi connectivity index (χ1) is 13.8. The Balaban J connectivity index is 1.55. The number of ether oxygens (including phenoxy) is 1. The third-order valence-corrected chi connectivity index (χ3v) is 5.87. The van der Waals surface area contributed by atoms with E-state index in [9.17, 15) is 14.4 Å². The second-order valence-corrected chi connectivity index (χ2v) is 8.55. The third-order valence-electron chi connectivity index (χ3n) is 4.82. The molecular weight excluding hydrogens is 388 g/mol. The smallest absolute Gasteiger partial charge is 0.350 e. The van der Waals surface area contributed by atoms with Gasteiger partial charge < -0.3 is 10.1 Å². The largest absolute Gasteiger partial charge is 0.459 e. The number of benzene rings is 1. The summed E-state index contributed by atoms with van der Waals surface area (Å²) >= 11 is 1.08. The quantitative estimate of drug-likeness (QED) is 0.533. The molecule has 1 heterocycles. The van der Waals surface area contributed by atoms with Crippen LogP contribution in [0.2, 0.25) is 0 Å². The SMILES string of the molecule is Cc1nc(NC(=O)CCC(=O)c2ccc3c(c2)CCCC3)sc1C(=O)OC(C)C. The van der Waals surface area contributed by atoms with Crippen LogP contribution in [0, 0.1) is 6.92 Å². The van der Waals surface area contributed by atoms with Crippen molar-refractivity contribution in [1.82, 2.24) is 4.98 Å². The van der Waals surface area contributed by atoms with E-state index in [0.717, 1.165) is 30.6 Å². The molecule has 0 fully saturated rings. The van der Waals surface area contributed by atoms with Crippen molar-refractivity contribution < 1.29 is 19.1 Å². The van der Waals surface area contributed by atoms with Crippen molar-refractivity contribution in [2.45, 2.75) is 65.4 Å². The fourth-order valence-electron chi connectivity index (χ4n) is 3.37. The normalized spacial score (nSPS) is 13.1.